The second-order valence-electron chi connectivity index (χ2n) is 3.83. The molecule has 6 heteroatoms. The summed E-state index contributed by atoms with van der Waals surface area (Å²) in [5.41, 5.74) is -0.349. The number of carbonyl (C=O) groups is 2. The molecule has 1 fully saturated rings. The first-order chi connectivity index (χ1) is 8.00. The fraction of sp³-hybridized carbons (Fsp3) is 0.273. The Morgan fingerprint density at radius 1 is 1.35 bits per heavy atom. The van der Waals surface area contributed by atoms with Gasteiger partial charge >= 0.3 is 5.97 Å². The molecule has 0 radical (unpaired) electrons. The Bertz CT molecular complexity index is 469. The SMILES string of the molecule is O=C1C[C@H](c2c(F)cccc2F)[C@@H](C(=O)O)N1. The lowest BCUT2D eigenvalue weighted by atomic mass is 9.91. The normalized spacial score (nSPS) is 23.5. The van der Waals surface area contributed by atoms with Crippen LogP contribution in [-0.2, 0) is 9.59 Å². The fourth-order valence-electron chi connectivity index (χ4n) is 2.02. The molecule has 0 saturated carbocycles. The number of aliphatic carboxylic acids is 1. The highest BCUT2D eigenvalue weighted by Crippen LogP contribution is 2.32. The number of hydrogen-bond donors (Lipinski definition) is 2. The number of halogens is 2. The van der Waals surface area contributed by atoms with Crippen LogP contribution in [0, 0.1) is 11.6 Å². The maximum atomic E-state index is 13.5. The van der Waals surface area contributed by atoms with Gasteiger partial charge in [0, 0.05) is 17.9 Å². The number of amides is 1. The Kier molecular flexibility index (Phi) is 2.79. The Morgan fingerprint density at radius 3 is 2.47 bits per heavy atom. The van der Waals surface area contributed by atoms with Crippen molar-refractivity contribution in [2.45, 2.75) is 18.4 Å². The second-order valence-corrected chi connectivity index (χ2v) is 3.83. The van der Waals surface area contributed by atoms with Gasteiger partial charge in [0.05, 0.1) is 0 Å². The number of carboxylic acid groups (broad SMARTS) is 1. The molecule has 1 saturated heterocycles. The van der Waals surface area contributed by atoms with Crippen LogP contribution in [0.1, 0.15) is 17.9 Å². The van der Waals surface area contributed by atoms with Gasteiger partial charge in [-0.05, 0) is 12.1 Å². The van der Waals surface area contributed by atoms with Gasteiger partial charge < -0.3 is 10.4 Å². The molecule has 1 heterocycles. The molecule has 0 aliphatic carbocycles. The van der Waals surface area contributed by atoms with Crippen LogP contribution in [0.5, 0.6) is 0 Å². The zero-order valence-corrected chi connectivity index (χ0v) is 8.61. The highest BCUT2D eigenvalue weighted by atomic mass is 19.1. The van der Waals surface area contributed by atoms with Crippen LogP contribution in [-0.4, -0.2) is 23.0 Å². The number of nitrogens with one attached hydrogen (secondary N) is 1. The van der Waals surface area contributed by atoms with E-state index in [-0.39, 0.29) is 12.0 Å². The van der Waals surface area contributed by atoms with Crippen molar-refractivity contribution in [2.75, 3.05) is 0 Å². The molecule has 1 amide bonds. The summed E-state index contributed by atoms with van der Waals surface area (Å²) >= 11 is 0. The van der Waals surface area contributed by atoms with Gasteiger partial charge in [-0.25, -0.2) is 13.6 Å². The van der Waals surface area contributed by atoms with E-state index in [0.717, 1.165) is 12.1 Å². The van der Waals surface area contributed by atoms with E-state index in [1.807, 2.05) is 0 Å². The van der Waals surface area contributed by atoms with Crippen molar-refractivity contribution < 1.29 is 23.5 Å². The third-order valence-corrected chi connectivity index (χ3v) is 2.76. The molecule has 0 aromatic heterocycles. The molecular formula is C11H9F2NO3. The van der Waals surface area contributed by atoms with Crippen LogP contribution in [0.3, 0.4) is 0 Å². The summed E-state index contributed by atoms with van der Waals surface area (Å²) in [7, 11) is 0. The van der Waals surface area contributed by atoms with Gasteiger partial charge in [-0.1, -0.05) is 6.07 Å². The molecular weight excluding hydrogens is 232 g/mol. The van der Waals surface area contributed by atoms with Gasteiger partial charge in [0.25, 0.3) is 0 Å². The van der Waals surface area contributed by atoms with Gasteiger partial charge in [0.2, 0.25) is 5.91 Å². The van der Waals surface area contributed by atoms with E-state index in [0.29, 0.717) is 0 Å². The third kappa shape index (κ3) is 1.98. The number of benzene rings is 1. The Labute approximate surface area is 95.2 Å². The topological polar surface area (TPSA) is 66.4 Å². The summed E-state index contributed by atoms with van der Waals surface area (Å²) in [4.78, 5) is 22.0. The molecule has 90 valence electrons. The van der Waals surface area contributed by atoms with E-state index in [9.17, 15) is 18.4 Å². The predicted molar refractivity (Wildman–Crippen MR) is 53.3 cm³/mol. The quantitative estimate of drug-likeness (QED) is 0.812. The highest BCUT2D eigenvalue weighted by molar-refractivity contribution is 5.89. The van der Waals surface area contributed by atoms with E-state index >= 15 is 0 Å². The van der Waals surface area contributed by atoms with Gasteiger partial charge in [0.1, 0.15) is 17.7 Å². The predicted octanol–water partition coefficient (Wildman–Crippen LogP) is 1.02. The van der Waals surface area contributed by atoms with Gasteiger partial charge in [-0.3, -0.25) is 4.79 Å². The minimum atomic E-state index is -1.30. The Hall–Kier alpha value is -1.98. The van der Waals surface area contributed by atoms with Gasteiger partial charge in [0.15, 0.2) is 0 Å². The fourth-order valence-corrected chi connectivity index (χ4v) is 2.02. The monoisotopic (exact) mass is 241 g/mol. The van der Waals surface area contributed by atoms with Crippen LogP contribution < -0.4 is 5.32 Å². The van der Waals surface area contributed by atoms with Crippen LogP contribution in [0.15, 0.2) is 18.2 Å². The number of carbonyl (C=O) groups excluding carboxylic acids is 1. The summed E-state index contributed by atoms with van der Waals surface area (Å²) in [6.45, 7) is 0. The number of carboxylic acids is 1. The van der Waals surface area contributed by atoms with E-state index in [2.05, 4.69) is 5.32 Å². The lowest BCUT2D eigenvalue weighted by molar-refractivity contribution is -0.140. The molecule has 2 rings (SSSR count). The minimum Gasteiger partial charge on any atom is -0.480 e. The molecule has 1 aromatic rings. The van der Waals surface area contributed by atoms with Crippen molar-refractivity contribution in [3.05, 3.63) is 35.4 Å². The zero-order valence-electron chi connectivity index (χ0n) is 8.61. The lowest BCUT2D eigenvalue weighted by Gasteiger charge is -2.16. The second kappa shape index (κ2) is 4.12. The Balaban J connectivity index is 2.45. The van der Waals surface area contributed by atoms with Crippen molar-refractivity contribution in [3.8, 4) is 0 Å². The maximum Gasteiger partial charge on any atom is 0.326 e. The molecule has 0 spiro atoms. The molecule has 0 bridgehead atoms. The first-order valence-corrected chi connectivity index (χ1v) is 4.96. The van der Waals surface area contributed by atoms with Crippen LogP contribution in [0.4, 0.5) is 8.78 Å². The number of rotatable bonds is 2. The smallest absolute Gasteiger partial charge is 0.326 e. The molecule has 17 heavy (non-hydrogen) atoms. The van der Waals surface area contributed by atoms with Crippen molar-refractivity contribution in [1.29, 1.82) is 0 Å². The van der Waals surface area contributed by atoms with E-state index < -0.39 is 35.5 Å². The standard InChI is InChI=1S/C11H9F2NO3/c12-6-2-1-3-7(13)9(6)5-4-8(15)14-10(5)11(16)17/h1-3,5,10H,4H2,(H,14,15)(H,16,17)/t5-,10+/m1/s1. The first-order valence-electron chi connectivity index (χ1n) is 4.96. The van der Waals surface area contributed by atoms with Crippen LogP contribution in [0.25, 0.3) is 0 Å². The molecule has 1 aromatic carbocycles. The summed E-state index contributed by atoms with van der Waals surface area (Å²) in [5.74, 6) is -4.51. The summed E-state index contributed by atoms with van der Waals surface area (Å²) in [5, 5.41) is 11.1. The molecule has 2 N–H and O–H groups in total. The molecule has 1 aliphatic rings. The van der Waals surface area contributed by atoms with Crippen molar-refractivity contribution >= 4 is 11.9 Å². The maximum absolute atomic E-state index is 13.5. The van der Waals surface area contributed by atoms with Crippen molar-refractivity contribution in [1.82, 2.24) is 5.32 Å². The third-order valence-electron chi connectivity index (χ3n) is 2.76. The summed E-state index contributed by atoms with van der Waals surface area (Å²) < 4.78 is 27.0. The molecule has 4 nitrogen and oxygen atoms in total. The zero-order chi connectivity index (χ0) is 12.6. The van der Waals surface area contributed by atoms with Crippen LogP contribution in [0.2, 0.25) is 0 Å². The lowest BCUT2D eigenvalue weighted by Crippen LogP contribution is -2.36. The average molecular weight is 241 g/mol. The first kappa shape index (κ1) is 11.5. The highest BCUT2D eigenvalue weighted by Gasteiger charge is 2.40. The summed E-state index contributed by atoms with van der Waals surface area (Å²) in [6.07, 6.45) is -0.227. The molecule has 2 atom stereocenters. The van der Waals surface area contributed by atoms with E-state index in [1.165, 1.54) is 6.07 Å². The van der Waals surface area contributed by atoms with Crippen molar-refractivity contribution in [2.24, 2.45) is 0 Å². The van der Waals surface area contributed by atoms with Gasteiger partial charge in [-0.15, -0.1) is 0 Å². The van der Waals surface area contributed by atoms with Crippen LogP contribution >= 0.6 is 0 Å². The average Bonchev–Trinajstić information content (AvgIpc) is 2.60. The van der Waals surface area contributed by atoms with E-state index in [4.69, 9.17) is 5.11 Å². The van der Waals surface area contributed by atoms with Gasteiger partial charge in [-0.2, -0.15) is 0 Å². The molecule has 0 unspecified atom stereocenters. The summed E-state index contributed by atoms with van der Waals surface area (Å²) in [6, 6.07) is 1.99. The van der Waals surface area contributed by atoms with Crippen molar-refractivity contribution in [3.63, 3.8) is 0 Å². The largest absolute Gasteiger partial charge is 0.480 e. The minimum absolute atomic E-state index is 0.227. The van der Waals surface area contributed by atoms with E-state index in [1.54, 1.807) is 0 Å². The number of hydrogen-bond acceptors (Lipinski definition) is 2. The molecule has 1 aliphatic heterocycles. The Morgan fingerprint density at radius 2 is 1.94 bits per heavy atom.